The molecule has 0 aromatic heterocycles. The van der Waals surface area contributed by atoms with E-state index in [-0.39, 0.29) is 0 Å². The summed E-state index contributed by atoms with van der Waals surface area (Å²) in [7, 11) is 0. The molecule has 0 aliphatic rings. The van der Waals surface area contributed by atoms with Crippen molar-refractivity contribution in [2.75, 3.05) is 0 Å². The number of hydrogen-bond donors (Lipinski definition) is 1. The van der Waals surface area contributed by atoms with Crippen LogP contribution >= 0.6 is 0 Å². The quantitative estimate of drug-likeness (QED) is 0.756. The van der Waals surface area contributed by atoms with Gasteiger partial charge in [-0.05, 0) is 5.41 Å². The first-order valence-corrected chi connectivity index (χ1v) is 3.86. The summed E-state index contributed by atoms with van der Waals surface area (Å²) in [5.74, 6) is -2.21. The predicted octanol–water partition coefficient (Wildman–Crippen LogP) is 2.69. The lowest BCUT2D eigenvalue weighted by molar-refractivity contribution is -0.168. The van der Waals surface area contributed by atoms with Crippen LogP contribution in [0, 0.1) is 11.3 Å². The van der Waals surface area contributed by atoms with Crippen molar-refractivity contribution in [3.63, 3.8) is 0 Å². The smallest absolute Gasteiger partial charge is 0.389 e. The molecule has 0 amide bonds. The van der Waals surface area contributed by atoms with Gasteiger partial charge in [-0.2, -0.15) is 13.2 Å². The zero-order chi connectivity index (χ0) is 10.9. The third kappa shape index (κ3) is 4.15. The maximum absolute atomic E-state index is 12.0. The molecule has 13 heavy (non-hydrogen) atoms. The lowest BCUT2D eigenvalue weighted by Crippen LogP contribution is -2.33. The van der Waals surface area contributed by atoms with Crippen LogP contribution in [0.15, 0.2) is 0 Å². The molecular formula is C8H13F3O2. The number of alkyl halides is 3. The molecule has 0 aliphatic carbocycles. The fourth-order valence-electron chi connectivity index (χ4n) is 1.00. The first kappa shape index (κ1) is 12.3. The number of carboxylic acids is 1. The summed E-state index contributed by atoms with van der Waals surface area (Å²) >= 11 is 0. The highest BCUT2D eigenvalue weighted by atomic mass is 19.4. The van der Waals surface area contributed by atoms with E-state index in [2.05, 4.69) is 0 Å². The highest BCUT2D eigenvalue weighted by Gasteiger charge is 2.41. The zero-order valence-corrected chi connectivity index (χ0v) is 7.77. The van der Waals surface area contributed by atoms with Crippen molar-refractivity contribution in [2.45, 2.75) is 33.4 Å². The molecule has 1 atom stereocenters. The van der Waals surface area contributed by atoms with Crippen molar-refractivity contribution >= 4 is 5.97 Å². The van der Waals surface area contributed by atoms with E-state index in [4.69, 9.17) is 5.11 Å². The molecule has 0 radical (unpaired) electrons. The molecule has 5 heteroatoms. The van der Waals surface area contributed by atoms with Crippen LogP contribution in [-0.2, 0) is 4.79 Å². The van der Waals surface area contributed by atoms with Gasteiger partial charge in [-0.15, -0.1) is 0 Å². The summed E-state index contributed by atoms with van der Waals surface area (Å²) < 4.78 is 35.9. The van der Waals surface area contributed by atoms with Crippen LogP contribution in [0.3, 0.4) is 0 Å². The summed E-state index contributed by atoms with van der Waals surface area (Å²) in [6, 6.07) is 0. The molecule has 2 nitrogen and oxygen atoms in total. The van der Waals surface area contributed by atoms with Gasteiger partial charge in [0, 0.05) is 6.42 Å². The minimum atomic E-state index is -4.31. The van der Waals surface area contributed by atoms with E-state index in [9.17, 15) is 18.0 Å². The summed E-state index contributed by atoms with van der Waals surface area (Å²) in [5, 5.41) is 8.55. The standard InChI is InChI=1S/C8H13F3O2/c1-5(6(12)13)7(2,3)4-8(9,10)11/h5H,4H2,1-3H3,(H,12,13)/t5-/m1/s1. The molecule has 0 aromatic carbocycles. The maximum Gasteiger partial charge on any atom is 0.389 e. The Bertz CT molecular complexity index is 196. The highest BCUT2D eigenvalue weighted by Crippen LogP contribution is 2.38. The second-order valence-corrected chi connectivity index (χ2v) is 3.84. The minimum Gasteiger partial charge on any atom is -0.481 e. The van der Waals surface area contributed by atoms with Gasteiger partial charge in [-0.3, -0.25) is 4.79 Å². The molecule has 0 spiro atoms. The van der Waals surface area contributed by atoms with Crippen LogP contribution < -0.4 is 0 Å². The van der Waals surface area contributed by atoms with E-state index in [1.807, 2.05) is 0 Å². The summed E-state index contributed by atoms with van der Waals surface area (Å²) in [6.45, 7) is 3.90. The van der Waals surface area contributed by atoms with Gasteiger partial charge in [0.25, 0.3) is 0 Å². The molecule has 0 bridgehead atoms. The fourth-order valence-corrected chi connectivity index (χ4v) is 1.00. The second kappa shape index (κ2) is 3.55. The van der Waals surface area contributed by atoms with Crippen molar-refractivity contribution in [1.82, 2.24) is 0 Å². The van der Waals surface area contributed by atoms with Crippen molar-refractivity contribution in [2.24, 2.45) is 11.3 Å². The van der Waals surface area contributed by atoms with Gasteiger partial charge in [0.2, 0.25) is 0 Å². The number of carbonyl (C=O) groups is 1. The van der Waals surface area contributed by atoms with Crippen LogP contribution in [0.2, 0.25) is 0 Å². The van der Waals surface area contributed by atoms with Gasteiger partial charge in [0.1, 0.15) is 0 Å². The summed E-state index contributed by atoms with van der Waals surface area (Å²) in [6.07, 6.45) is -5.39. The first-order chi connectivity index (χ1) is 5.56. The van der Waals surface area contributed by atoms with E-state index < -0.39 is 29.9 Å². The van der Waals surface area contributed by atoms with Crippen LogP contribution in [-0.4, -0.2) is 17.3 Å². The molecule has 0 aromatic rings. The average molecular weight is 198 g/mol. The van der Waals surface area contributed by atoms with Crippen molar-refractivity contribution < 1.29 is 23.1 Å². The van der Waals surface area contributed by atoms with Crippen molar-refractivity contribution in [3.8, 4) is 0 Å². The molecule has 0 unspecified atom stereocenters. The molecule has 0 fully saturated rings. The van der Waals surface area contributed by atoms with Crippen molar-refractivity contribution in [1.29, 1.82) is 0 Å². The van der Waals surface area contributed by atoms with Gasteiger partial charge < -0.3 is 5.11 Å². The van der Waals surface area contributed by atoms with E-state index in [0.29, 0.717) is 0 Å². The molecular weight excluding hydrogens is 185 g/mol. The van der Waals surface area contributed by atoms with Crippen LogP contribution in [0.4, 0.5) is 13.2 Å². The molecule has 0 heterocycles. The SMILES string of the molecule is C[C@H](C(=O)O)C(C)(C)CC(F)(F)F. The van der Waals surface area contributed by atoms with Gasteiger partial charge >= 0.3 is 12.1 Å². The largest absolute Gasteiger partial charge is 0.481 e. The molecule has 0 rings (SSSR count). The third-order valence-corrected chi connectivity index (χ3v) is 2.20. The Morgan fingerprint density at radius 3 is 2.00 bits per heavy atom. The normalized spacial score (nSPS) is 15.5. The topological polar surface area (TPSA) is 37.3 Å². The lowest BCUT2D eigenvalue weighted by Gasteiger charge is -2.29. The maximum atomic E-state index is 12.0. The predicted molar refractivity (Wildman–Crippen MR) is 41.3 cm³/mol. The Hall–Kier alpha value is -0.740. The van der Waals surface area contributed by atoms with Gasteiger partial charge in [-0.25, -0.2) is 0 Å². The van der Waals surface area contributed by atoms with E-state index in [1.54, 1.807) is 0 Å². The Balaban J connectivity index is 4.48. The summed E-state index contributed by atoms with van der Waals surface area (Å²) in [4.78, 5) is 10.5. The minimum absolute atomic E-state index is 1.01. The van der Waals surface area contributed by atoms with E-state index >= 15 is 0 Å². The van der Waals surface area contributed by atoms with Crippen molar-refractivity contribution in [3.05, 3.63) is 0 Å². The fraction of sp³-hybridized carbons (Fsp3) is 0.875. The molecule has 78 valence electrons. The van der Waals surface area contributed by atoms with E-state index in [0.717, 1.165) is 0 Å². The van der Waals surface area contributed by atoms with E-state index in [1.165, 1.54) is 20.8 Å². The van der Waals surface area contributed by atoms with Gasteiger partial charge in [-0.1, -0.05) is 20.8 Å². The Morgan fingerprint density at radius 1 is 1.38 bits per heavy atom. The Labute approximate surface area is 74.7 Å². The monoisotopic (exact) mass is 198 g/mol. The molecule has 0 saturated heterocycles. The highest BCUT2D eigenvalue weighted by molar-refractivity contribution is 5.70. The van der Waals surface area contributed by atoms with Crippen LogP contribution in [0.1, 0.15) is 27.2 Å². The van der Waals surface area contributed by atoms with Gasteiger partial charge in [0.05, 0.1) is 5.92 Å². The number of halogens is 3. The van der Waals surface area contributed by atoms with Crippen LogP contribution in [0.5, 0.6) is 0 Å². The number of hydrogen-bond acceptors (Lipinski definition) is 1. The molecule has 1 N–H and O–H groups in total. The first-order valence-electron chi connectivity index (χ1n) is 3.86. The zero-order valence-electron chi connectivity index (χ0n) is 7.77. The Kier molecular flexibility index (Phi) is 3.35. The van der Waals surface area contributed by atoms with Crippen LogP contribution in [0.25, 0.3) is 0 Å². The lowest BCUT2D eigenvalue weighted by atomic mass is 9.77. The Morgan fingerprint density at radius 2 is 1.77 bits per heavy atom. The average Bonchev–Trinajstić information content (AvgIpc) is 1.80. The number of aliphatic carboxylic acids is 1. The number of rotatable bonds is 3. The molecule has 0 aliphatic heterocycles. The summed E-state index contributed by atoms with van der Waals surface area (Å²) in [5.41, 5.74) is -1.26. The number of carboxylic acid groups (broad SMARTS) is 1. The van der Waals surface area contributed by atoms with Gasteiger partial charge in [0.15, 0.2) is 0 Å². The third-order valence-electron chi connectivity index (χ3n) is 2.20. The second-order valence-electron chi connectivity index (χ2n) is 3.84. The molecule has 0 saturated carbocycles.